The lowest BCUT2D eigenvalue weighted by Gasteiger charge is -2.36. The Bertz CT molecular complexity index is 723. The monoisotopic (exact) mass is 713 g/mol. The van der Waals surface area contributed by atoms with Gasteiger partial charge in [-0.3, -0.25) is 0 Å². The third kappa shape index (κ3) is 24.0. The van der Waals surface area contributed by atoms with Crippen LogP contribution in [0.1, 0.15) is 174 Å². The zero-order valence-electron chi connectivity index (χ0n) is 32.9. The van der Waals surface area contributed by atoms with Gasteiger partial charge < -0.3 is 32.0 Å². The predicted molar refractivity (Wildman–Crippen MR) is 205 cm³/mol. The molecule has 4 atom stereocenters. The van der Waals surface area contributed by atoms with Crippen LogP contribution in [0.25, 0.3) is 0 Å². The van der Waals surface area contributed by atoms with Crippen LogP contribution in [0.2, 0.25) is 6.04 Å². The minimum Gasteiger partial charge on any atom is -0.371 e. The summed E-state index contributed by atoms with van der Waals surface area (Å²) in [7, 11) is -0.330. The van der Waals surface area contributed by atoms with Gasteiger partial charge in [0.25, 0.3) is 0 Å². The number of quaternary nitrogens is 1. The first-order valence-electron chi connectivity index (χ1n) is 21.7. The van der Waals surface area contributed by atoms with Crippen LogP contribution >= 0.6 is 0 Å². The molecule has 0 aromatic carbocycles. The van der Waals surface area contributed by atoms with E-state index in [2.05, 4.69) is 20.9 Å². The smallest absolute Gasteiger partial charge is 0.371 e. The second kappa shape index (κ2) is 27.5. The number of hydrogen-bond acceptors (Lipinski definition) is 6. The first-order valence-corrected chi connectivity index (χ1v) is 23.6. The number of unbranched alkanes of at least 4 members (excludes halogenated alkanes) is 22. The van der Waals surface area contributed by atoms with Crippen LogP contribution in [-0.2, 0) is 27.5 Å². The molecule has 0 spiro atoms. The fourth-order valence-corrected chi connectivity index (χ4v) is 9.77. The second-order valence-corrected chi connectivity index (χ2v) is 18.9. The van der Waals surface area contributed by atoms with Gasteiger partial charge in [0.15, 0.2) is 0 Å². The van der Waals surface area contributed by atoms with E-state index in [-0.39, 0.29) is 18.3 Å². The van der Waals surface area contributed by atoms with Crippen LogP contribution in [-0.4, -0.2) is 97.9 Å². The number of ether oxygens (including phenoxy) is 3. The Morgan fingerprint density at radius 2 is 0.694 bits per heavy atom. The van der Waals surface area contributed by atoms with Crippen LogP contribution < -0.4 is 0 Å². The highest BCUT2D eigenvalue weighted by Gasteiger charge is 2.46. The molecule has 0 aromatic heterocycles. The zero-order valence-corrected chi connectivity index (χ0v) is 33.9. The lowest BCUT2D eigenvalue weighted by Crippen LogP contribution is -2.50. The Morgan fingerprint density at radius 1 is 0.429 bits per heavy atom. The molecule has 3 saturated heterocycles. The van der Waals surface area contributed by atoms with Crippen molar-refractivity contribution in [2.45, 2.75) is 199 Å². The van der Waals surface area contributed by atoms with Crippen molar-refractivity contribution in [3.63, 3.8) is 0 Å². The van der Waals surface area contributed by atoms with E-state index in [4.69, 9.17) is 27.5 Å². The molecule has 0 aromatic rings. The number of rotatable bonds is 39. The van der Waals surface area contributed by atoms with E-state index in [0.717, 1.165) is 32.3 Å². The number of epoxide rings is 3. The van der Waals surface area contributed by atoms with E-state index in [1.807, 2.05) is 0 Å². The molecule has 0 bridgehead atoms. The first-order chi connectivity index (χ1) is 24.1. The van der Waals surface area contributed by atoms with Crippen LogP contribution in [0.15, 0.2) is 0 Å². The summed E-state index contributed by atoms with van der Waals surface area (Å²) < 4.78 is 37.2. The topological polar surface area (TPSA) is 65.3 Å². The summed E-state index contributed by atoms with van der Waals surface area (Å²) in [4.78, 5) is 0. The molecule has 3 aliphatic heterocycles. The SMILES string of the molecule is CCCCCCCCCCCCCCCCCC[N+](C)(CCCCCCCCCC)CCC[Si](OCC1CO1)(OCC1CO1)OCC1CO1. The molecule has 7 nitrogen and oxygen atoms in total. The molecule has 0 N–H and O–H groups in total. The molecule has 0 aliphatic carbocycles. The molecule has 0 amide bonds. The van der Waals surface area contributed by atoms with Gasteiger partial charge in [0.05, 0.1) is 66.3 Å². The standard InChI is InChI=1S/C41H82NO6Si/c1-4-6-8-10-12-14-15-16-17-18-19-20-21-23-25-27-30-42(3,29-26-24-22-13-11-9-7-5-2)31-28-32-49(46-36-39-33-43-39,47-37-40-34-44-40)48-38-41-35-45-41/h39-41H,4-38H2,1-3H3/q+1. The Balaban J connectivity index is 1.35. The largest absolute Gasteiger partial charge is 0.501 e. The summed E-state index contributed by atoms with van der Waals surface area (Å²) in [5.41, 5.74) is 0. The van der Waals surface area contributed by atoms with Crippen LogP contribution in [0, 0.1) is 0 Å². The lowest BCUT2D eigenvalue weighted by molar-refractivity contribution is -0.910. The molecule has 49 heavy (non-hydrogen) atoms. The van der Waals surface area contributed by atoms with Crippen molar-refractivity contribution in [2.75, 3.05) is 66.3 Å². The Labute approximate surface area is 305 Å². The van der Waals surface area contributed by atoms with Crippen molar-refractivity contribution in [3.8, 4) is 0 Å². The summed E-state index contributed by atoms with van der Waals surface area (Å²) in [5, 5.41) is 0. The Kier molecular flexibility index (Phi) is 24.4. The van der Waals surface area contributed by atoms with Gasteiger partial charge in [-0.2, -0.15) is 0 Å². The molecule has 4 unspecified atom stereocenters. The third-order valence-electron chi connectivity index (χ3n) is 11.0. The molecule has 0 saturated carbocycles. The van der Waals surface area contributed by atoms with Crippen molar-refractivity contribution in [1.82, 2.24) is 0 Å². The highest BCUT2D eigenvalue weighted by Crippen LogP contribution is 2.26. The summed E-state index contributed by atoms with van der Waals surface area (Å²) >= 11 is 0. The molecule has 3 aliphatic rings. The van der Waals surface area contributed by atoms with E-state index < -0.39 is 8.80 Å². The van der Waals surface area contributed by atoms with Gasteiger partial charge >= 0.3 is 8.80 Å². The lowest BCUT2D eigenvalue weighted by atomic mass is 10.0. The zero-order chi connectivity index (χ0) is 34.7. The highest BCUT2D eigenvalue weighted by atomic mass is 28.4. The van der Waals surface area contributed by atoms with Crippen LogP contribution in [0.5, 0.6) is 0 Å². The summed E-state index contributed by atoms with van der Waals surface area (Å²) in [6.45, 7) is 12.4. The van der Waals surface area contributed by atoms with Crippen molar-refractivity contribution < 1.29 is 32.0 Å². The van der Waals surface area contributed by atoms with E-state index in [1.54, 1.807) is 0 Å². The van der Waals surface area contributed by atoms with Gasteiger partial charge in [-0.25, -0.2) is 0 Å². The minimum absolute atomic E-state index is 0.200. The first kappa shape index (κ1) is 43.3. The summed E-state index contributed by atoms with van der Waals surface area (Å²) in [5.74, 6) is 0. The van der Waals surface area contributed by atoms with Crippen molar-refractivity contribution in [1.29, 1.82) is 0 Å². The minimum atomic E-state index is -2.85. The summed E-state index contributed by atoms with van der Waals surface area (Å²) in [6, 6.07) is 0.864. The maximum atomic E-state index is 6.52. The van der Waals surface area contributed by atoms with Crippen LogP contribution in [0.4, 0.5) is 0 Å². The molecule has 3 heterocycles. The number of nitrogens with zero attached hydrogens (tertiary/aromatic N) is 1. The van der Waals surface area contributed by atoms with Gasteiger partial charge in [0.2, 0.25) is 0 Å². The second-order valence-electron chi connectivity index (χ2n) is 16.2. The molecule has 3 fully saturated rings. The highest BCUT2D eigenvalue weighted by molar-refractivity contribution is 6.60. The predicted octanol–water partition coefficient (Wildman–Crippen LogP) is 10.4. The quantitative estimate of drug-likeness (QED) is 0.0274. The molecular formula is C41H82NO6Si+. The molecule has 3 rings (SSSR count). The van der Waals surface area contributed by atoms with E-state index in [1.165, 1.54) is 178 Å². The molecule has 8 heteroatoms. The van der Waals surface area contributed by atoms with Gasteiger partial charge in [-0.15, -0.1) is 0 Å². The van der Waals surface area contributed by atoms with Crippen molar-refractivity contribution in [3.05, 3.63) is 0 Å². The molecule has 290 valence electrons. The maximum Gasteiger partial charge on any atom is 0.501 e. The van der Waals surface area contributed by atoms with Crippen LogP contribution in [0.3, 0.4) is 0 Å². The van der Waals surface area contributed by atoms with Gasteiger partial charge in [-0.05, 0) is 25.7 Å². The van der Waals surface area contributed by atoms with Gasteiger partial charge in [-0.1, -0.05) is 142 Å². The van der Waals surface area contributed by atoms with Gasteiger partial charge in [0.1, 0.15) is 18.3 Å². The van der Waals surface area contributed by atoms with Gasteiger partial charge in [0, 0.05) is 12.5 Å². The molecule has 0 radical (unpaired) electrons. The van der Waals surface area contributed by atoms with E-state index >= 15 is 0 Å². The fourth-order valence-electron chi connectivity index (χ4n) is 7.18. The summed E-state index contributed by atoms with van der Waals surface area (Å²) in [6.07, 6.45) is 35.5. The molecular weight excluding hydrogens is 631 g/mol. The van der Waals surface area contributed by atoms with E-state index in [0.29, 0.717) is 19.8 Å². The third-order valence-corrected chi connectivity index (χ3v) is 13.7. The van der Waals surface area contributed by atoms with Crippen molar-refractivity contribution in [2.24, 2.45) is 0 Å². The Morgan fingerprint density at radius 3 is 0.980 bits per heavy atom. The normalized spacial score (nSPS) is 22.2. The maximum absolute atomic E-state index is 6.52. The average molecular weight is 713 g/mol. The fraction of sp³-hybridized carbons (Fsp3) is 1.00. The number of hydrogen-bond donors (Lipinski definition) is 0. The van der Waals surface area contributed by atoms with Crippen molar-refractivity contribution >= 4 is 8.80 Å². The van der Waals surface area contributed by atoms with E-state index in [9.17, 15) is 0 Å². The Hall–Kier alpha value is -0.0631. The average Bonchev–Trinajstić information content (AvgIpc) is 3.95.